The van der Waals surface area contributed by atoms with E-state index in [0.717, 1.165) is 69.8 Å². The Morgan fingerprint density at radius 1 is 0.471 bits per heavy atom. The van der Waals surface area contributed by atoms with Crippen molar-refractivity contribution in [1.29, 1.82) is 0 Å². The summed E-state index contributed by atoms with van der Waals surface area (Å²) in [6, 6.07) is 41.6. The van der Waals surface area contributed by atoms with Crippen LogP contribution in [0, 0.1) is 40.5 Å². The van der Waals surface area contributed by atoms with Crippen LogP contribution in [-0.2, 0) is 9.47 Å². The summed E-state index contributed by atoms with van der Waals surface area (Å²) in [7, 11) is 0. The molecule has 0 fully saturated rings. The number of nitrogens with zero attached hydrogens (tertiary/aromatic N) is 4. The second-order valence-electron chi connectivity index (χ2n) is 16.2. The number of carbonyl (C=O) groups excluding carboxylic acids is 2. The standard InChI is InChI=1S/2C26H23ClN2O6/c2*1-17(16-35-26(30)22-13-23(28(31)32)15-24(14-22)29(33)34)12-25(27)18(2)19-8-10-21(11-9-19)20-6-4-3-5-7-20/h2*3-11,13-15,18,25H,1,12,16H2,2H3/t2*18-,25-/m11/s1. The van der Waals surface area contributed by atoms with E-state index in [1.54, 1.807) is 0 Å². The molecule has 70 heavy (non-hydrogen) atoms. The van der Waals surface area contributed by atoms with Crippen LogP contribution in [0.4, 0.5) is 22.7 Å². The lowest BCUT2D eigenvalue weighted by molar-refractivity contribution is -0.394. The zero-order chi connectivity index (χ0) is 51.1. The summed E-state index contributed by atoms with van der Waals surface area (Å²) in [5.41, 5.74) is 4.80. The predicted octanol–water partition coefficient (Wildman–Crippen LogP) is 13.4. The van der Waals surface area contributed by atoms with Crippen molar-refractivity contribution >= 4 is 57.9 Å². The van der Waals surface area contributed by atoms with E-state index in [1.807, 2.05) is 123 Å². The molecule has 6 rings (SSSR count). The van der Waals surface area contributed by atoms with Gasteiger partial charge in [-0.05, 0) is 69.2 Å². The maximum Gasteiger partial charge on any atom is 0.338 e. The first-order valence-electron chi connectivity index (χ1n) is 21.5. The monoisotopic (exact) mass is 988 g/mol. The second kappa shape index (κ2) is 24.8. The first-order valence-corrected chi connectivity index (χ1v) is 22.3. The number of nitro benzene ring substituents is 4. The largest absolute Gasteiger partial charge is 0.458 e. The maximum atomic E-state index is 12.3. The number of benzene rings is 6. The third-order valence-corrected chi connectivity index (χ3v) is 12.1. The van der Waals surface area contributed by atoms with Gasteiger partial charge in [0.2, 0.25) is 0 Å². The summed E-state index contributed by atoms with van der Waals surface area (Å²) in [6.07, 6.45) is 0.733. The van der Waals surface area contributed by atoms with Gasteiger partial charge in [0.1, 0.15) is 13.2 Å². The van der Waals surface area contributed by atoms with E-state index in [1.165, 1.54) is 0 Å². The average molecular weight is 990 g/mol. The SMILES string of the molecule is C=C(COC(=O)c1cc([N+](=O)[O-])cc([N+](=O)[O-])c1)C[C@@H](Cl)[C@H](C)c1ccc(-c2ccccc2)cc1.C=C(COC(=O)c1cc([N+](=O)[O-])cc([N+](=O)[O-])c1)C[C@@H](Cl)[C@H](C)c1ccc(-c2ccccc2)cc1. The van der Waals surface area contributed by atoms with Crippen LogP contribution in [0.3, 0.4) is 0 Å². The number of hydrogen-bond acceptors (Lipinski definition) is 12. The minimum atomic E-state index is -0.923. The van der Waals surface area contributed by atoms with E-state index in [-0.39, 0.29) is 46.9 Å². The normalized spacial score (nSPS) is 12.4. The third-order valence-electron chi connectivity index (χ3n) is 11.1. The van der Waals surface area contributed by atoms with Crippen molar-refractivity contribution in [3.05, 3.63) is 233 Å². The molecule has 0 spiro atoms. The smallest absolute Gasteiger partial charge is 0.338 e. The fourth-order valence-corrected chi connectivity index (χ4v) is 7.74. The second-order valence-corrected chi connectivity index (χ2v) is 17.3. The van der Waals surface area contributed by atoms with Gasteiger partial charge in [-0.1, -0.05) is 136 Å². The molecule has 0 radical (unpaired) electrons. The Balaban J connectivity index is 0.000000261. The zero-order valence-electron chi connectivity index (χ0n) is 37.9. The first-order chi connectivity index (χ1) is 33.3. The zero-order valence-corrected chi connectivity index (χ0v) is 39.4. The molecule has 0 unspecified atom stereocenters. The quantitative estimate of drug-likeness (QED) is 0.0229. The lowest BCUT2D eigenvalue weighted by atomic mass is 9.92. The summed E-state index contributed by atoms with van der Waals surface area (Å²) in [4.78, 5) is 65.5. The molecule has 0 aliphatic carbocycles. The van der Waals surface area contributed by atoms with E-state index in [9.17, 15) is 50.0 Å². The van der Waals surface area contributed by atoms with Crippen molar-refractivity contribution in [3.8, 4) is 22.3 Å². The Hall–Kier alpha value is -8.08. The highest BCUT2D eigenvalue weighted by Crippen LogP contribution is 2.32. The Bertz CT molecular complexity index is 2620. The lowest BCUT2D eigenvalue weighted by Crippen LogP contribution is -2.14. The van der Waals surface area contributed by atoms with E-state index < -0.39 is 54.4 Å². The van der Waals surface area contributed by atoms with E-state index >= 15 is 0 Å². The van der Waals surface area contributed by atoms with E-state index in [0.29, 0.717) is 24.0 Å². The van der Waals surface area contributed by atoms with Crippen molar-refractivity contribution in [3.63, 3.8) is 0 Å². The Morgan fingerprint density at radius 2 is 0.743 bits per heavy atom. The number of halogens is 2. The van der Waals surface area contributed by atoms with Crippen LogP contribution in [0.2, 0.25) is 0 Å². The molecule has 0 N–H and O–H groups in total. The molecule has 0 saturated heterocycles. The minimum absolute atomic E-state index is 0.00614. The van der Waals surface area contributed by atoms with E-state index in [4.69, 9.17) is 32.7 Å². The van der Waals surface area contributed by atoms with E-state index in [2.05, 4.69) is 13.2 Å². The molecular formula is C52H46Cl2N4O12. The fraction of sp³-hybridized carbons (Fsp3) is 0.192. The number of hydrogen-bond donors (Lipinski definition) is 0. The van der Waals surface area contributed by atoms with Crippen molar-refractivity contribution in [1.82, 2.24) is 0 Å². The molecule has 6 aromatic carbocycles. The highest BCUT2D eigenvalue weighted by molar-refractivity contribution is 6.21. The number of esters is 2. The molecule has 18 heteroatoms. The van der Waals surface area contributed by atoms with Crippen LogP contribution in [0.1, 0.15) is 70.4 Å². The molecule has 4 atom stereocenters. The molecule has 0 bridgehead atoms. The third kappa shape index (κ3) is 15.0. The summed E-state index contributed by atoms with van der Waals surface area (Å²) in [5, 5.41) is 43.4. The summed E-state index contributed by atoms with van der Waals surface area (Å²) in [5.74, 6) is -1.86. The van der Waals surface area contributed by atoms with Gasteiger partial charge in [-0.2, -0.15) is 0 Å². The molecule has 0 amide bonds. The number of alkyl halides is 2. The molecule has 0 aromatic heterocycles. The van der Waals surface area contributed by atoms with Crippen LogP contribution >= 0.6 is 23.2 Å². The van der Waals surface area contributed by atoms with Crippen LogP contribution in [0.5, 0.6) is 0 Å². The number of nitro groups is 4. The van der Waals surface area contributed by atoms with Gasteiger partial charge in [0.15, 0.2) is 0 Å². The van der Waals surface area contributed by atoms with Gasteiger partial charge in [0, 0.05) is 35.0 Å². The van der Waals surface area contributed by atoms with Crippen LogP contribution < -0.4 is 0 Å². The molecule has 0 aliphatic rings. The molecule has 0 aliphatic heterocycles. The molecule has 0 heterocycles. The maximum absolute atomic E-state index is 12.3. The van der Waals surface area contributed by atoms with Gasteiger partial charge >= 0.3 is 11.9 Å². The molecule has 0 saturated carbocycles. The number of carbonyl (C=O) groups is 2. The Labute approximate surface area is 412 Å². The average Bonchev–Trinajstić information content (AvgIpc) is 3.37. The van der Waals surface area contributed by atoms with Crippen LogP contribution in [0.15, 0.2) is 170 Å². The highest BCUT2D eigenvalue weighted by atomic mass is 35.5. The van der Waals surface area contributed by atoms with Crippen molar-refractivity contribution in [2.75, 3.05) is 13.2 Å². The van der Waals surface area contributed by atoms with Gasteiger partial charge in [0.05, 0.1) is 43.0 Å². The van der Waals surface area contributed by atoms with Crippen LogP contribution in [-0.4, -0.2) is 55.6 Å². The molecule has 6 aromatic rings. The van der Waals surface area contributed by atoms with Gasteiger partial charge in [0.25, 0.3) is 22.7 Å². The van der Waals surface area contributed by atoms with Gasteiger partial charge < -0.3 is 9.47 Å². The summed E-state index contributed by atoms with van der Waals surface area (Å²) >= 11 is 13.2. The van der Waals surface area contributed by atoms with Crippen LogP contribution in [0.25, 0.3) is 22.3 Å². The number of ether oxygens (including phenoxy) is 2. The first kappa shape index (κ1) is 52.9. The number of rotatable bonds is 20. The van der Waals surface area contributed by atoms with Crippen molar-refractivity contribution in [2.24, 2.45) is 0 Å². The lowest BCUT2D eigenvalue weighted by Gasteiger charge is -2.20. The van der Waals surface area contributed by atoms with Crippen molar-refractivity contribution < 1.29 is 38.8 Å². The Kier molecular flexibility index (Phi) is 18.7. The topological polar surface area (TPSA) is 225 Å². The van der Waals surface area contributed by atoms with Crippen molar-refractivity contribution in [2.45, 2.75) is 49.3 Å². The van der Waals surface area contributed by atoms with Gasteiger partial charge in [-0.25, -0.2) is 9.59 Å². The molecule has 360 valence electrons. The Morgan fingerprint density at radius 3 is 1.01 bits per heavy atom. The summed E-state index contributed by atoms with van der Waals surface area (Å²) in [6.45, 7) is 11.5. The number of non-ortho nitro benzene ring substituents is 4. The summed E-state index contributed by atoms with van der Waals surface area (Å²) < 4.78 is 10.3. The fourth-order valence-electron chi connectivity index (χ4n) is 7.01. The molecular weight excluding hydrogens is 943 g/mol. The minimum Gasteiger partial charge on any atom is -0.458 e. The van der Waals surface area contributed by atoms with Gasteiger partial charge in [-0.15, -0.1) is 23.2 Å². The molecule has 16 nitrogen and oxygen atoms in total. The van der Waals surface area contributed by atoms with Gasteiger partial charge in [-0.3, -0.25) is 40.5 Å². The predicted molar refractivity (Wildman–Crippen MR) is 267 cm³/mol. The highest BCUT2D eigenvalue weighted by Gasteiger charge is 2.24.